The number of carbonyl (C=O) groups excluding carboxylic acids is 2. The van der Waals surface area contributed by atoms with Crippen molar-refractivity contribution in [2.24, 2.45) is 0 Å². The quantitative estimate of drug-likeness (QED) is 0.558. The van der Waals surface area contributed by atoms with E-state index < -0.39 is 11.9 Å². The molecule has 5 nitrogen and oxygen atoms in total. The Hall–Kier alpha value is -2.35. The summed E-state index contributed by atoms with van der Waals surface area (Å²) in [6, 6.07) is 4.69. The van der Waals surface area contributed by atoms with Crippen molar-refractivity contribution < 1.29 is 19.1 Å². The van der Waals surface area contributed by atoms with E-state index in [0.717, 1.165) is 0 Å². The van der Waals surface area contributed by atoms with Crippen LogP contribution in [0.25, 0.3) is 0 Å². The van der Waals surface area contributed by atoms with E-state index in [1.165, 1.54) is 13.2 Å². The van der Waals surface area contributed by atoms with Crippen LogP contribution in [0.4, 0.5) is 0 Å². The van der Waals surface area contributed by atoms with Crippen molar-refractivity contribution in [1.82, 2.24) is 4.98 Å². The van der Waals surface area contributed by atoms with Gasteiger partial charge in [-0.2, -0.15) is 0 Å². The summed E-state index contributed by atoms with van der Waals surface area (Å²) < 4.78 is 9.14. The third-order valence-corrected chi connectivity index (χ3v) is 1.71. The van der Waals surface area contributed by atoms with Crippen LogP contribution in [0.2, 0.25) is 0 Å². The van der Waals surface area contributed by atoms with Gasteiger partial charge in [0.2, 0.25) is 0 Å². The molecule has 1 heterocycles. The molecule has 1 rings (SSSR count). The van der Waals surface area contributed by atoms with E-state index in [-0.39, 0.29) is 12.3 Å². The number of methoxy groups -OCH3 is 1. The van der Waals surface area contributed by atoms with Crippen molar-refractivity contribution in [3.63, 3.8) is 0 Å². The third-order valence-electron chi connectivity index (χ3n) is 1.71. The lowest BCUT2D eigenvalue weighted by molar-refractivity contribution is -0.136. The van der Waals surface area contributed by atoms with Crippen molar-refractivity contribution >= 4 is 11.9 Å². The van der Waals surface area contributed by atoms with Gasteiger partial charge in [0, 0.05) is 5.92 Å². The fraction of sp³-hybridized carbons (Fsp3) is 0.250. The van der Waals surface area contributed by atoms with Crippen LogP contribution in [0.15, 0.2) is 18.2 Å². The largest absolute Gasteiger partial charge is 0.464 e. The first-order valence-electron chi connectivity index (χ1n) is 4.91. The number of rotatable bonds is 2. The van der Waals surface area contributed by atoms with E-state index in [0.29, 0.717) is 5.69 Å². The highest BCUT2D eigenvalue weighted by Crippen LogP contribution is 1.99. The van der Waals surface area contributed by atoms with Crippen LogP contribution < -0.4 is 0 Å². The second kappa shape index (κ2) is 6.28. The van der Waals surface area contributed by atoms with E-state index in [2.05, 4.69) is 26.3 Å². The summed E-state index contributed by atoms with van der Waals surface area (Å²) in [5.74, 6) is 3.59. The number of hydrogen-bond donors (Lipinski definition) is 0. The smallest absolute Gasteiger partial charge is 0.384 e. The number of hydrogen-bond acceptors (Lipinski definition) is 5. The van der Waals surface area contributed by atoms with Crippen LogP contribution in [0, 0.1) is 11.8 Å². The number of pyridine rings is 1. The fourth-order valence-corrected chi connectivity index (χ4v) is 1.00. The SMILES string of the molecule is CCOC(=O)C#Cc1cccc(C(=O)OC)n1. The zero-order valence-corrected chi connectivity index (χ0v) is 9.52. The standard InChI is InChI=1S/C12H11NO4/c1-3-17-11(14)8-7-9-5-4-6-10(13-9)12(15)16-2/h4-6H,3H2,1-2H3. The molecule has 0 unspecified atom stereocenters. The van der Waals surface area contributed by atoms with Crippen molar-refractivity contribution in [2.75, 3.05) is 13.7 Å². The number of esters is 2. The molecule has 0 spiro atoms. The monoisotopic (exact) mass is 233 g/mol. The third kappa shape index (κ3) is 3.95. The number of aromatic nitrogens is 1. The molecule has 88 valence electrons. The number of nitrogens with zero attached hydrogens (tertiary/aromatic N) is 1. The van der Waals surface area contributed by atoms with Gasteiger partial charge in [-0.05, 0) is 25.0 Å². The summed E-state index contributed by atoms with van der Waals surface area (Å²) in [5, 5.41) is 0. The first kappa shape index (κ1) is 12.7. The van der Waals surface area contributed by atoms with Gasteiger partial charge in [0.25, 0.3) is 0 Å². The molecular weight excluding hydrogens is 222 g/mol. The second-order valence-corrected chi connectivity index (χ2v) is 2.87. The van der Waals surface area contributed by atoms with Gasteiger partial charge in [-0.1, -0.05) is 6.07 Å². The Balaban J connectivity index is 2.85. The predicted octanol–water partition coefficient (Wildman–Crippen LogP) is 0.783. The highest BCUT2D eigenvalue weighted by atomic mass is 16.5. The molecule has 5 heteroatoms. The Morgan fingerprint density at radius 3 is 2.82 bits per heavy atom. The maximum atomic E-state index is 11.2. The summed E-state index contributed by atoms with van der Waals surface area (Å²) in [4.78, 5) is 26.1. The minimum Gasteiger partial charge on any atom is -0.464 e. The predicted molar refractivity (Wildman–Crippen MR) is 59.1 cm³/mol. The van der Waals surface area contributed by atoms with Crippen molar-refractivity contribution in [1.29, 1.82) is 0 Å². The number of carbonyl (C=O) groups is 2. The minimum atomic E-state index is -0.627. The molecule has 0 amide bonds. The Labute approximate surface area is 98.8 Å². The molecule has 0 aromatic carbocycles. The molecule has 0 atom stereocenters. The van der Waals surface area contributed by atoms with Crippen molar-refractivity contribution in [3.8, 4) is 11.8 Å². The summed E-state index contributed by atoms with van der Waals surface area (Å²) in [5.41, 5.74) is 0.448. The molecular formula is C12H11NO4. The summed E-state index contributed by atoms with van der Waals surface area (Å²) >= 11 is 0. The highest BCUT2D eigenvalue weighted by molar-refractivity contribution is 5.89. The summed E-state index contributed by atoms with van der Waals surface area (Å²) in [6.45, 7) is 1.96. The lowest BCUT2D eigenvalue weighted by atomic mass is 10.3. The van der Waals surface area contributed by atoms with Gasteiger partial charge in [0.05, 0.1) is 13.7 Å². The van der Waals surface area contributed by atoms with Gasteiger partial charge in [-0.15, -0.1) is 0 Å². The first-order valence-corrected chi connectivity index (χ1v) is 4.91. The van der Waals surface area contributed by atoms with Crippen LogP contribution in [0.5, 0.6) is 0 Å². The second-order valence-electron chi connectivity index (χ2n) is 2.87. The van der Waals surface area contributed by atoms with Crippen molar-refractivity contribution in [3.05, 3.63) is 29.6 Å². The molecule has 0 aliphatic heterocycles. The van der Waals surface area contributed by atoms with Gasteiger partial charge in [-0.3, -0.25) is 0 Å². The lowest BCUT2D eigenvalue weighted by Gasteiger charge is -1.97. The molecule has 0 saturated heterocycles. The zero-order valence-electron chi connectivity index (χ0n) is 9.52. The zero-order chi connectivity index (χ0) is 12.7. The van der Waals surface area contributed by atoms with Gasteiger partial charge < -0.3 is 9.47 Å². The van der Waals surface area contributed by atoms with Crippen molar-refractivity contribution in [2.45, 2.75) is 6.92 Å². The molecule has 0 saturated carbocycles. The first-order chi connectivity index (χ1) is 8.17. The van der Waals surface area contributed by atoms with E-state index in [1.54, 1.807) is 19.1 Å². The molecule has 17 heavy (non-hydrogen) atoms. The van der Waals surface area contributed by atoms with Crippen LogP contribution in [0.3, 0.4) is 0 Å². The maximum absolute atomic E-state index is 11.2. The minimum absolute atomic E-state index is 0.142. The maximum Gasteiger partial charge on any atom is 0.384 e. The topological polar surface area (TPSA) is 65.5 Å². The summed E-state index contributed by atoms with van der Waals surface area (Å²) in [6.07, 6.45) is 0. The Kier molecular flexibility index (Phi) is 4.70. The van der Waals surface area contributed by atoms with Crippen LogP contribution in [-0.4, -0.2) is 30.6 Å². The molecule has 0 aliphatic rings. The lowest BCUT2D eigenvalue weighted by Crippen LogP contribution is -2.05. The average Bonchev–Trinajstić information content (AvgIpc) is 2.36. The molecule has 0 aliphatic carbocycles. The average molecular weight is 233 g/mol. The fourth-order valence-electron chi connectivity index (χ4n) is 1.00. The Morgan fingerprint density at radius 2 is 2.18 bits per heavy atom. The molecule has 0 bridgehead atoms. The normalized spacial score (nSPS) is 8.82. The van der Waals surface area contributed by atoms with Gasteiger partial charge in [-0.25, -0.2) is 14.6 Å². The molecule has 0 N–H and O–H groups in total. The molecule has 1 aromatic rings. The van der Waals surface area contributed by atoms with E-state index in [1.807, 2.05) is 0 Å². The van der Waals surface area contributed by atoms with Gasteiger partial charge in [0.15, 0.2) is 0 Å². The Bertz CT molecular complexity index is 485. The highest BCUT2D eigenvalue weighted by Gasteiger charge is 2.06. The van der Waals surface area contributed by atoms with Crippen LogP contribution in [-0.2, 0) is 14.3 Å². The van der Waals surface area contributed by atoms with Crippen LogP contribution >= 0.6 is 0 Å². The summed E-state index contributed by atoms with van der Waals surface area (Å²) in [7, 11) is 1.26. The Morgan fingerprint density at radius 1 is 1.41 bits per heavy atom. The van der Waals surface area contributed by atoms with E-state index >= 15 is 0 Å². The molecule has 1 aromatic heterocycles. The molecule has 0 fully saturated rings. The van der Waals surface area contributed by atoms with E-state index in [4.69, 9.17) is 0 Å². The van der Waals surface area contributed by atoms with Gasteiger partial charge >= 0.3 is 11.9 Å². The van der Waals surface area contributed by atoms with Gasteiger partial charge in [0.1, 0.15) is 11.4 Å². The molecule has 0 radical (unpaired) electrons. The number of ether oxygens (including phenoxy) is 2. The van der Waals surface area contributed by atoms with Crippen LogP contribution in [0.1, 0.15) is 23.1 Å². The van der Waals surface area contributed by atoms with E-state index in [9.17, 15) is 9.59 Å².